The summed E-state index contributed by atoms with van der Waals surface area (Å²) in [6.07, 6.45) is 1.64. The number of aromatic nitrogens is 1. The maximum Gasteiger partial charge on any atom is 0.216 e. The molecule has 1 heterocycles. The molecule has 3 nitrogen and oxygen atoms in total. The highest BCUT2D eigenvalue weighted by Gasteiger charge is 2.10. The van der Waals surface area contributed by atoms with Crippen LogP contribution in [0.5, 0.6) is 0 Å². The molecule has 0 spiro atoms. The molecule has 0 radical (unpaired) electrons. The normalized spacial score (nSPS) is 11.9. The molecule has 110 valence electrons. The van der Waals surface area contributed by atoms with Gasteiger partial charge in [-0.3, -0.25) is 0 Å². The fraction of sp³-hybridized carbons (Fsp3) is 0. The van der Waals surface area contributed by atoms with Gasteiger partial charge in [0.15, 0.2) is 6.21 Å². The zero-order valence-electron chi connectivity index (χ0n) is 12.4. The van der Waals surface area contributed by atoms with E-state index in [1.165, 1.54) is 0 Å². The highest BCUT2D eigenvalue weighted by Crippen LogP contribution is 2.25. The van der Waals surface area contributed by atoms with Crippen molar-refractivity contribution in [3.63, 3.8) is 0 Å². The first-order chi connectivity index (χ1) is 11.3. The molecule has 0 aliphatic carbocycles. The molecule has 0 N–H and O–H groups in total. The van der Waals surface area contributed by atoms with E-state index in [4.69, 9.17) is 0 Å². The Hall–Kier alpha value is -3.20. The summed E-state index contributed by atoms with van der Waals surface area (Å²) in [5.41, 5.74) is 3.28. The molecule has 0 aliphatic heterocycles. The Bertz CT molecular complexity index is 969. The second-order valence-electron chi connectivity index (χ2n) is 5.35. The topological polar surface area (TPSA) is 39.0 Å². The van der Waals surface area contributed by atoms with Crippen LogP contribution in [-0.4, -0.2) is 15.9 Å². The Balaban J connectivity index is 2.03. The van der Waals surface area contributed by atoms with Crippen LogP contribution in [0.25, 0.3) is 21.8 Å². The van der Waals surface area contributed by atoms with Crippen molar-refractivity contribution in [2.45, 2.75) is 0 Å². The van der Waals surface area contributed by atoms with Gasteiger partial charge in [-0.2, -0.15) is 4.74 Å². The number of benzene rings is 3. The van der Waals surface area contributed by atoms with E-state index in [1.807, 2.05) is 66.7 Å². The Kier molecular flexibility index (Phi) is 3.24. The van der Waals surface area contributed by atoms with Crippen LogP contribution in [0.15, 0.2) is 78.9 Å². The maximum absolute atomic E-state index is 12.5. The van der Waals surface area contributed by atoms with Gasteiger partial charge in [0.25, 0.3) is 0 Å². The molecule has 3 aromatic carbocycles. The number of hydrogen-bond donors (Lipinski definition) is 0. The first-order valence-corrected chi connectivity index (χ1v) is 7.47. The van der Waals surface area contributed by atoms with Crippen LogP contribution in [0, 0.1) is 5.21 Å². The van der Waals surface area contributed by atoms with Crippen molar-refractivity contribution in [3.8, 4) is 0 Å². The summed E-state index contributed by atoms with van der Waals surface area (Å²) in [6.45, 7) is 0. The number of hydrogen-bond acceptors (Lipinski definition) is 2. The minimum Gasteiger partial charge on any atom is -0.618 e. The first-order valence-electron chi connectivity index (χ1n) is 7.47. The van der Waals surface area contributed by atoms with E-state index in [2.05, 4.69) is 4.98 Å². The summed E-state index contributed by atoms with van der Waals surface area (Å²) < 4.78 is 0.911. The van der Waals surface area contributed by atoms with Gasteiger partial charge >= 0.3 is 0 Å². The summed E-state index contributed by atoms with van der Waals surface area (Å²) >= 11 is 0. The SMILES string of the molecule is [O-][N+](=Cc1c2ccccc2nc2ccccc12)c1ccccc1. The molecule has 23 heavy (non-hydrogen) atoms. The Labute approximate surface area is 133 Å². The zero-order valence-corrected chi connectivity index (χ0v) is 12.4. The zero-order chi connectivity index (χ0) is 15.6. The van der Waals surface area contributed by atoms with E-state index in [1.54, 1.807) is 18.3 Å². The largest absolute Gasteiger partial charge is 0.618 e. The van der Waals surface area contributed by atoms with Crippen molar-refractivity contribution in [1.82, 2.24) is 4.98 Å². The molecule has 0 saturated heterocycles. The Morgan fingerprint density at radius 1 is 0.696 bits per heavy atom. The van der Waals surface area contributed by atoms with Crippen LogP contribution in [-0.2, 0) is 0 Å². The number of pyridine rings is 1. The first kappa shape index (κ1) is 13.5. The fourth-order valence-corrected chi connectivity index (χ4v) is 2.78. The van der Waals surface area contributed by atoms with Crippen molar-refractivity contribution in [1.29, 1.82) is 0 Å². The van der Waals surface area contributed by atoms with E-state index in [9.17, 15) is 5.21 Å². The van der Waals surface area contributed by atoms with Crippen molar-refractivity contribution >= 4 is 33.7 Å². The molecular formula is C20H14N2O. The highest BCUT2D eigenvalue weighted by atomic mass is 16.5. The predicted octanol–water partition coefficient (Wildman–Crippen LogP) is 4.65. The van der Waals surface area contributed by atoms with Crippen molar-refractivity contribution < 1.29 is 4.74 Å². The van der Waals surface area contributed by atoms with Crippen molar-refractivity contribution in [3.05, 3.63) is 89.6 Å². The van der Waals surface area contributed by atoms with E-state index >= 15 is 0 Å². The number of para-hydroxylation sites is 3. The summed E-state index contributed by atoms with van der Waals surface area (Å²) in [4.78, 5) is 4.68. The third kappa shape index (κ3) is 2.42. The molecule has 0 aliphatic rings. The van der Waals surface area contributed by atoms with Gasteiger partial charge in [-0.05, 0) is 12.1 Å². The molecule has 3 heteroatoms. The Morgan fingerprint density at radius 3 is 1.83 bits per heavy atom. The van der Waals surface area contributed by atoms with Gasteiger partial charge in [0, 0.05) is 22.9 Å². The van der Waals surface area contributed by atoms with Crippen LogP contribution in [0.4, 0.5) is 5.69 Å². The van der Waals surface area contributed by atoms with Crippen LogP contribution in [0.1, 0.15) is 5.56 Å². The molecular weight excluding hydrogens is 284 g/mol. The minimum atomic E-state index is 0.609. The van der Waals surface area contributed by atoms with Gasteiger partial charge < -0.3 is 5.21 Å². The van der Waals surface area contributed by atoms with Crippen LogP contribution in [0.2, 0.25) is 0 Å². The standard InChI is InChI=1S/C20H14N2O/c23-22(15-8-2-1-3-9-15)14-18-16-10-4-6-12-19(16)21-20-13-7-5-11-17(18)20/h1-14H. The molecule has 0 amide bonds. The van der Waals surface area contributed by atoms with Gasteiger partial charge in [-0.1, -0.05) is 54.6 Å². The summed E-state index contributed by atoms with van der Waals surface area (Å²) in [5, 5.41) is 14.5. The molecule has 0 unspecified atom stereocenters. The quantitative estimate of drug-likeness (QED) is 0.178. The highest BCUT2D eigenvalue weighted by molar-refractivity contribution is 6.09. The van der Waals surface area contributed by atoms with Gasteiger partial charge in [0.05, 0.1) is 16.6 Å². The summed E-state index contributed by atoms with van der Waals surface area (Å²) in [6, 6.07) is 25.0. The maximum atomic E-state index is 12.5. The van der Waals surface area contributed by atoms with Crippen LogP contribution in [0.3, 0.4) is 0 Å². The van der Waals surface area contributed by atoms with E-state index < -0.39 is 0 Å². The van der Waals surface area contributed by atoms with Crippen LogP contribution < -0.4 is 0 Å². The fourth-order valence-electron chi connectivity index (χ4n) is 2.78. The predicted molar refractivity (Wildman–Crippen MR) is 94.1 cm³/mol. The number of rotatable bonds is 2. The van der Waals surface area contributed by atoms with Gasteiger partial charge in [0.2, 0.25) is 5.69 Å². The molecule has 4 rings (SSSR count). The van der Waals surface area contributed by atoms with Crippen molar-refractivity contribution in [2.75, 3.05) is 0 Å². The lowest BCUT2D eigenvalue weighted by Gasteiger charge is -2.08. The average Bonchev–Trinajstić information content (AvgIpc) is 2.62. The molecule has 1 aromatic heterocycles. The van der Waals surface area contributed by atoms with Gasteiger partial charge in [0.1, 0.15) is 0 Å². The second-order valence-corrected chi connectivity index (χ2v) is 5.35. The third-order valence-electron chi connectivity index (χ3n) is 3.89. The van der Waals surface area contributed by atoms with E-state index in [0.717, 1.165) is 32.1 Å². The van der Waals surface area contributed by atoms with Crippen LogP contribution >= 0.6 is 0 Å². The van der Waals surface area contributed by atoms with Gasteiger partial charge in [-0.25, -0.2) is 4.98 Å². The molecule has 0 fully saturated rings. The van der Waals surface area contributed by atoms with Crippen molar-refractivity contribution in [2.24, 2.45) is 0 Å². The minimum absolute atomic E-state index is 0.609. The number of fused-ring (bicyclic) bond motifs is 2. The van der Waals surface area contributed by atoms with Gasteiger partial charge in [-0.15, -0.1) is 0 Å². The number of nitrogens with zero attached hydrogens (tertiary/aromatic N) is 2. The smallest absolute Gasteiger partial charge is 0.216 e. The van der Waals surface area contributed by atoms with E-state index in [-0.39, 0.29) is 0 Å². The molecule has 0 atom stereocenters. The Morgan fingerprint density at radius 2 is 1.22 bits per heavy atom. The molecule has 4 aromatic rings. The second kappa shape index (κ2) is 5.54. The average molecular weight is 298 g/mol. The summed E-state index contributed by atoms with van der Waals surface area (Å²) in [5.74, 6) is 0. The third-order valence-corrected chi connectivity index (χ3v) is 3.89. The van der Waals surface area contributed by atoms with E-state index in [0.29, 0.717) is 5.69 Å². The lowest BCUT2D eigenvalue weighted by molar-refractivity contribution is -0.354. The molecule has 0 bridgehead atoms. The summed E-state index contributed by atoms with van der Waals surface area (Å²) in [7, 11) is 0. The monoisotopic (exact) mass is 298 g/mol. The molecule has 0 saturated carbocycles. The lowest BCUT2D eigenvalue weighted by Crippen LogP contribution is -2.01. The lowest BCUT2D eigenvalue weighted by atomic mass is 10.0.